The van der Waals surface area contributed by atoms with Crippen LogP contribution >= 0.6 is 0 Å². The van der Waals surface area contributed by atoms with Gasteiger partial charge in [0.2, 0.25) is 0 Å². The molecule has 0 saturated heterocycles. The second-order valence-electron chi connectivity index (χ2n) is 6.42. The molecule has 20 heavy (non-hydrogen) atoms. The van der Waals surface area contributed by atoms with E-state index < -0.39 is 0 Å². The molecule has 0 amide bonds. The molecule has 1 aromatic rings. The fourth-order valence-electron chi connectivity index (χ4n) is 3.83. The highest BCUT2D eigenvalue weighted by Crippen LogP contribution is 2.38. The summed E-state index contributed by atoms with van der Waals surface area (Å²) in [6, 6.07) is 5.06. The van der Waals surface area contributed by atoms with Crippen molar-refractivity contribution in [2.45, 2.75) is 65.8 Å². The van der Waals surface area contributed by atoms with E-state index in [1.807, 2.05) is 0 Å². The Morgan fingerprint density at radius 2 is 1.90 bits per heavy atom. The van der Waals surface area contributed by atoms with Gasteiger partial charge in [-0.05, 0) is 62.8 Å². The normalized spacial score (nSPS) is 24.6. The summed E-state index contributed by atoms with van der Waals surface area (Å²) >= 11 is 0. The van der Waals surface area contributed by atoms with Crippen LogP contribution in [0.4, 0.5) is 0 Å². The average molecular weight is 274 g/mol. The number of rotatable bonds is 5. The van der Waals surface area contributed by atoms with Crippen molar-refractivity contribution < 1.29 is 0 Å². The van der Waals surface area contributed by atoms with Crippen LogP contribution in [0.15, 0.2) is 12.1 Å². The molecule has 1 aliphatic carbocycles. The Kier molecular flexibility index (Phi) is 5.59. The van der Waals surface area contributed by atoms with Crippen LogP contribution in [0.1, 0.15) is 68.9 Å². The monoisotopic (exact) mass is 274 g/mol. The Balaban J connectivity index is 2.21. The Hall–Kier alpha value is -0.890. The molecule has 1 saturated carbocycles. The molecule has 1 fully saturated rings. The minimum absolute atomic E-state index is 0.509. The zero-order valence-corrected chi connectivity index (χ0v) is 13.6. The summed E-state index contributed by atoms with van der Waals surface area (Å²) in [6.07, 6.45) is 6.92. The van der Waals surface area contributed by atoms with E-state index in [2.05, 4.69) is 50.1 Å². The lowest BCUT2D eigenvalue weighted by molar-refractivity contribution is 0.210. The first-order chi connectivity index (χ1) is 9.63. The largest absolute Gasteiger partial charge is 0.310 e. The van der Waals surface area contributed by atoms with Crippen LogP contribution in [0.25, 0.3) is 0 Å². The van der Waals surface area contributed by atoms with Gasteiger partial charge in [0, 0.05) is 17.4 Å². The van der Waals surface area contributed by atoms with Crippen LogP contribution in [-0.2, 0) is 0 Å². The van der Waals surface area contributed by atoms with Crippen LogP contribution in [-0.4, -0.2) is 11.5 Å². The first-order valence-corrected chi connectivity index (χ1v) is 8.32. The zero-order valence-electron chi connectivity index (χ0n) is 13.6. The summed E-state index contributed by atoms with van der Waals surface area (Å²) in [5.74, 6) is 1.72. The van der Waals surface area contributed by atoms with E-state index in [0.29, 0.717) is 6.04 Å². The van der Waals surface area contributed by atoms with Crippen molar-refractivity contribution in [2.75, 3.05) is 6.54 Å². The number of aromatic nitrogens is 1. The van der Waals surface area contributed by atoms with Crippen LogP contribution in [0, 0.1) is 25.7 Å². The molecule has 1 aromatic heterocycles. The van der Waals surface area contributed by atoms with Crippen molar-refractivity contribution in [3.05, 3.63) is 29.1 Å². The summed E-state index contributed by atoms with van der Waals surface area (Å²) in [6.45, 7) is 9.81. The fraction of sp³-hybridized carbons (Fsp3) is 0.722. The van der Waals surface area contributed by atoms with Gasteiger partial charge in [-0.15, -0.1) is 0 Å². The first kappa shape index (κ1) is 15.5. The van der Waals surface area contributed by atoms with Gasteiger partial charge >= 0.3 is 0 Å². The minimum atomic E-state index is 0.509. The number of hydrogen-bond acceptors (Lipinski definition) is 2. The quantitative estimate of drug-likeness (QED) is 0.851. The molecule has 2 rings (SSSR count). The number of hydrogen-bond donors (Lipinski definition) is 1. The Labute approximate surface area is 124 Å². The van der Waals surface area contributed by atoms with Gasteiger partial charge in [0.15, 0.2) is 0 Å². The van der Waals surface area contributed by atoms with E-state index in [9.17, 15) is 0 Å². The summed E-state index contributed by atoms with van der Waals surface area (Å²) in [4.78, 5) is 4.53. The van der Waals surface area contributed by atoms with Crippen molar-refractivity contribution in [1.29, 1.82) is 0 Å². The lowest BCUT2D eigenvalue weighted by atomic mass is 9.75. The standard InChI is InChI=1S/C18H30N2/c1-5-15-8-7-9-16(12-15)18(19-6-2)17-10-13(3)20-14(4)11-17/h10-11,15-16,18-19H,5-9,12H2,1-4H3. The SMILES string of the molecule is CCNC(c1cc(C)nc(C)c1)C1CCCC(CC)C1. The van der Waals surface area contributed by atoms with Gasteiger partial charge in [-0.2, -0.15) is 0 Å². The van der Waals surface area contributed by atoms with Crippen LogP contribution < -0.4 is 5.32 Å². The highest BCUT2D eigenvalue weighted by molar-refractivity contribution is 5.24. The number of nitrogens with one attached hydrogen (secondary N) is 1. The van der Waals surface area contributed by atoms with Crippen molar-refractivity contribution in [1.82, 2.24) is 10.3 Å². The molecule has 3 atom stereocenters. The van der Waals surface area contributed by atoms with Crippen LogP contribution in [0.3, 0.4) is 0 Å². The molecule has 1 N–H and O–H groups in total. The summed E-state index contributed by atoms with van der Waals surface area (Å²) in [7, 11) is 0. The van der Waals surface area contributed by atoms with Gasteiger partial charge in [-0.25, -0.2) is 0 Å². The fourth-order valence-corrected chi connectivity index (χ4v) is 3.83. The highest BCUT2D eigenvalue weighted by Gasteiger charge is 2.28. The summed E-state index contributed by atoms with van der Waals surface area (Å²) in [5, 5.41) is 3.74. The van der Waals surface area contributed by atoms with Crippen LogP contribution in [0.2, 0.25) is 0 Å². The molecule has 0 bridgehead atoms. The third kappa shape index (κ3) is 3.82. The van der Waals surface area contributed by atoms with Crippen molar-refractivity contribution >= 4 is 0 Å². The third-order valence-corrected chi connectivity index (χ3v) is 4.76. The van der Waals surface area contributed by atoms with E-state index in [1.54, 1.807) is 0 Å². The van der Waals surface area contributed by atoms with Gasteiger partial charge in [-0.1, -0.05) is 33.1 Å². The van der Waals surface area contributed by atoms with Crippen molar-refractivity contribution in [3.8, 4) is 0 Å². The van der Waals surface area contributed by atoms with Gasteiger partial charge < -0.3 is 5.32 Å². The summed E-state index contributed by atoms with van der Waals surface area (Å²) < 4.78 is 0. The predicted octanol–water partition coefficient (Wildman–Crippen LogP) is 4.57. The summed E-state index contributed by atoms with van der Waals surface area (Å²) in [5.41, 5.74) is 3.73. The molecule has 1 heterocycles. The maximum atomic E-state index is 4.53. The average Bonchev–Trinajstić information content (AvgIpc) is 2.43. The van der Waals surface area contributed by atoms with Crippen molar-refractivity contribution in [3.63, 3.8) is 0 Å². The van der Waals surface area contributed by atoms with Gasteiger partial charge in [0.25, 0.3) is 0 Å². The maximum Gasteiger partial charge on any atom is 0.0379 e. The Bertz CT molecular complexity index is 407. The van der Waals surface area contributed by atoms with Gasteiger partial charge in [0.05, 0.1) is 0 Å². The molecule has 0 aliphatic heterocycles. The van der Waals surface area contributed by atoms with Crippen molar-refractivity contribution in [2.24, 2.45) is 11.8 Å². The second-order valence-corrected chi connectivity index (χ2v) is 6.42. The zero-order chi connectivity index (χ0) is 14.5. The lowest BCUT2D eigenvalue weighted by Gasteiger charge is -2.35. The van der Waals surface area contributed by atoms with Gasteiger partial charge in [0.1, 0.15) is 0 Å². The Morgan fingerprint density at radius 3 is 2.50 bits per heavy atom. The van der Waals surface area contributed by atoms with E-state index in [4.69, 9.17) is 0 Å². The Morgan fingerprint density at radius 1 is 1.20 bits per heavy atom. The molecule has 0 aromatic carbocycles. The molecule has 0 radical (unpaired) electrons. The molecule has 2 nitrogen and oxygen atoms in total. The molecule has 2 heteroatoms. The number of pyridine rings is 1. The molecule has 112 valence electrons. The molecule has 3 unspecified atom stereocenters. The van der Waals surface area contributed by atoms with E-state index in [-0.39, 0.29) is 0 Å². The topological polar surface area (TPSA) is 24.9 Å². The predicted molar refractivity (Wildman–Crippen MR) is 85.9 cm³/mol. The molecular weight excluding hydrogens is 244 g/mol. The molecule has 1 aliphatic rings. The first-order valence-electron chi connectivity index (χ1n) is 8.32. The van der Waals surface area contributed by atoms with E-state index in [1.165, 1.54) is 37.7 Å². The third-order valence-electron chi connectivity index (χ3n) is 4.76. The van der Waals surface area contributed by atoms with Gasteiger partial charge in [-0.3, -0.25) is 4.98 Å². The highest BCUT2D eigenvalue weighted by atomic mass is 14.9. The van der Waals surface area contributed by atoms with E-state index in [0.717, 1.165) is 29.8 Å². The molecule has 0 spiro atoms. The van der Waals surface area contributed by atoms with E-state index >= 15 is 0 Å². The number of nitrogens with zero attached hydrogens (tertiary/aromatic N) is 1. The smallest absolute Gasteiger partial charge is 0.0379 e. The minimum Gasteiger partial charge on any atom is -0.310 e. The molecular formula is C18H30N2. The maximum absolute atomic E-state index is 4.53. The van der Waals surface area contributed by atoms with Crippen LogP contribution in [0.5, 0.6) is 0 Å². The lowest BCUT2D eigenvalue weighted by Crippen LogP contribution is -2.31. The second kappa shape index (κ2) is 7.21. The number of aryl methyl sites for hydroxylation is 2.